The minimum absolute atomic E-state index is 0. The molecule has 24 heavy (non-hydrogen) atoms. The van der Waals surface area contributed by atoms with E-state index in [1.165, 1.54) is 31.2 Å². The van der Waals surface area contributed by atoms with Gasteiger partial charge in [-0.25, -0.2) is 0 Å². The van der Waals surface area contributed by atoms with E-state index in [9.17, 15) is 0 Å². The molecule has 0 N–H and O–H groups in total. The quantitative estimate of drug-likeness (QED) is 0.443. The van der Waals surface area contributed by atoms with Gasteiger partial charge in [0.2, 0.25) is 0 Å². The minimum Gasteiger partial charge on any atom is -0.0776 e. The van der Waals surface area contributed by atoms with Crippen LogP contribution in [0.4, 0.5) is 0 Å². The summed E-state index contributed by atoms with van der Waals surface area (Å²) in [7, 11) is 0. The molecule has 1 aliphatic rings. The Morgan fingerprint density at radius 1 is 0.708 bits per heavy atom. The van der Waals surface area contributed by atoms with Gasteiger partial charge in [0.25, 0.3) is 0 Å². The van der Waals surface area contributed by atoms with Crippen molar-refractivity contribution < 1.29 is 0 Å². The van der Waals surface area contributed by atoms with E-state index >= 15 is 0 Å². The number of aryl methyl sites for hydroxylation is 1. The van der Waals surface area contributed by atoms with E-state index in [-0.39, 0.29) is 7.43 Å². The first-order chi connectivity index (χ1) is 10.3. The molecule has 1 saturated carbocycles. The molecule has 1 aromatic carbocycles. The molecule has 1 aromatic rings. The summed E-state index contributed by atoms with van der Waals surface area (Å²) in [6, 6.07) is 10.3. The highest BCUT2D eigenvalue weighted by molar-refractivity contribution is 5.11. The van der Waals surface area contributed by atoms with Gasteiger partial charge in [-0.2, -0.15) is 0 Å². The van der Waals surface area contributed by atoms with Gasteiger partial charge in [-0.15, -0.1) is 0 Å². The first-order valence-electron chi connectivity index (χ1n) is 9.30. The largest absolute Gasteiger partial charge is 0.0776 e. The summed E-state index contributed by atoms with van der Waals surface area (Å²) in [5.41, 5.74) is 2.32. The standard InChI is InChI=1S/C7H8.C6H12.2C5H12.CH4/c1-7-5-3-2-4-6-7;1-6-4-2-3-5-6;2*1-5(2,3)4;/h2-6H,1H3;6H,2-5H2,1H3;2*1-4H3;1H4. The lowest BCUT2D eigenvalue weighted by molar-refractivity contribution is 0.469. The minimum atomic E-state index is 0. The average Bonchev–Trinajstić information content (AvgIpc) is 2.77. The second-order valence-corrected chi connectivity index (χ2v) is 10.0. The Kier molecular flexibility index (Phi) is 17.0. The Morgan fingerprint density at radius 2 is 1.00 bits per heavy atom. The number of hydrogen-bond donors (Lipinski definition) is 0. The monoisotopic (exact) mass is 336 g/mol. The zero-order valence-corrected chi connectivity index (χ0v) is 17.8. The van der Waals surface area contributed by atoms with Crippen molar-refractivity contribution in [1.82, 2.24) is 0 Å². The van der Waals surface area contributed by atoms with Crippen LogP contribution in [-0.2, 0) is 0 Å². The maximum Gasteiger partial charge on any atom is -0.0398 e. The van der Waals surface area contributed by atoms with Gasteiger partial charge in [0, 0.05) is 0 Å². The number of benzene rings is 1. The summed E-state index contributed by atoms with van der Waals surface area (Å²) < 4.78 is 0. The van der Waals surface area contributed by atoms with Crippen molar-refractivity contribution in [2.24, 2.45) is 16.7 Å². The summed E-state index contributed by atoms with van der Waals surface area (Å²) in [4.78, 5) is 0. The lowest BCUT2D eigenvalue weighted by Gasteiger charge is -2.05. The van der Waals surface area contributed by atoms with E-state index < -0.39 is 0 Å². The Bertz CT molecular complexity index is 318. The molecule has 0 unspecified atom stereocenters. The van der Waals surface area contributed by atoms with Crippen LogP contribution in [0.15, 0.2) is 30.3 Å². The molecule has 1 fully saturated rings. The van der Waals surface area contributed by atoms with Gasteiger partial charge < -0.3 is 0 Å². The smallest absolute Gasteiger partial charge is 0.0398 e. The molecular weight excluding hydrogens is 288 g/mol. The molecule has 1 aliphatic carbocycles. The van der Waals surface area contributed by atoms with E-state index in [1.54, 1.807) is 0 Å². The van der Waals surface area contributed by atoms with Gasteiger partial charge in [-0.05, 0) is 23.7 Å². The fraction of sp³-hybridized carbons (Fsp3) is 0.750. The van der Waals surface area contributed by atoms with Gasteiger partial charge in [-0.1, -0.05) is 131 Å². The molecule has 0 spiro atoms. The van der Waals surface area contributed by atoms with Crippen LogP contribution >= 0.6 is 0 Å². The van der Waals surface area contributed by atoms with E-state index in [0.717, 1.165) is 5.92 Å². The molecule has 0 saturated heterocycles. The van der Waals surface area contributed by atoms with E-state index in [0.29, 0.717) is 10.8 Å². The Hall–Kier alpha value is -0.780. The molecule has 0 heteroatoms. The van der Waals surface area contributed by atoms with E-state index in [4.69, 9.17) is 0 Å². The number of rotatable bonds is 0. The van der Waals surface area contributed by atoms with Gasteiger partial charge in [0.1, 0.15) is 0 Å². The molecule has 0 aliphatic heterocycles. The highest BCUT2D eigenvalue weighted by atomic mass is 14.1. The maximum atomic E-state index is 2.34. The van der Waals surface area contributed by atoms with Crippen LogP contribution in [0, 0.1) is 23.7 Å². The molecule has 0 aromatic heterocycles. The van der Waals surface area contributed by atoms with Crippen LogP contribution in [-0.4, -0.2) is 0 Å². The highest BCUT2D eigenvalue weighted by Crippen LogP contribution is 2.22. The van der Waals surface area contributed by atoms with Crippen LogP contribution in [0.1, 0.15) is 101 Å². The predicted octanol–water partition coefficient (Wildman–Crippen LogP) is 8.93. The van der Waals surface area contributed by atoms with Crippen molar-refractivity contribution in [3.8, 4) is 0 Å². The summed E-state index contributed by atoms with van der Waals surface area (Å²) >= 11 is 0. The summed E-state index contributed by atoms with van der Waals surface area (Å²) in [6.45, 7) is 21.9. The second-order valence-electron chi connectivity index (χ2n) is 10.0. The molecule has 0 nitrogen and oxygen atoms in total. The Balaban J connectivity index is -0.000000245. The van der Waals surface area contributed by atoms with E-state index in [1.807, 2.05) is 18.2 Å². The van der Waals surface area contributed by atoms with Crippen LogP contribution in [0.2, 0.25) is 0 Å². The Morgan fingerprint density at radius 3 is 1.12 bits per heavy atom. The molecule has 0 amide bonds. The van der Waals surface area contributed by atoms with Crippen LogP contribution < -0.4 is 0 Å². The van der Waals surface area contributed by atoms with Crippen molar-refractivity contribution >= 4 is 0 Å². The molecular formula is C24H48. The average molecular weight is 337 g/mol. The predicted molar refractivity (Wildman–Crippen MR) is 116 cm³/mol. The van der Waals surface area contributed by atoms with Gasteiger partial charge in [-0.3, -0.25) is 0 Å². The summed E-state index contributed by atoms with van der Waals surface area (Å²) in [5, 5.41) is 0. The van der Waals surface area contributed by atoms with Crippen LogP contribution in [0.25, 0.3) is 0 Å². The van der Waals surface area contributed by atoms with E-state index in [2.05, 4.69) is 81.4 Å². The van der Waals surface area contributed by atoms with Gasteiger partial charge in [0.05, 0.1) is 0 Å². The maximum absolute atomic E-state index is 2.34. The summed E-state index contributed by atoms with van der Waals surface area (Å²) in [5.74, 6) is 1.05. The molecule has 0 atom stereocenters. The van der Waals surface area contributed by atoms with Crippen LogP contribution in [0.5, 0.6) is 0 Å². The SMILES string of the molecule is C.CC(C)(C)C.CC(C)(C)C.CC1CCCC1.Cc1ccccc1. The van der Waals surface area contributed by atoms with Gasteiger partial charge >= 0.3 is 0 Å². The van der Waals surface area contributed by atoms with Crippen molar-refractivity contribution in [3.05, 3.63) is 35.9 Å². The topological polar surface area (TPSA) is 0 Å². The molecule has 144 valence electrons. The van der Waals surface area contributed by atoms with Crippen LogP contribution in [0.3, 0.4) is 0 Å². The molecule has 0 heterocycles. The van der Waals surface area contributed by atoms with Crippen molar-refractivity contribution in [3.63, 3.8) is 0 Å². The van der Waals surface area contributed by atoms with Crippen molar-refractivity contribution in [2.45, 2.75) is 102 Å². The first-order valence-corrected chi connectivity index (χ1v) is 9.30. The number of hydrogen-bond acceptors (Lipinski definition) is 0. The third-order valence-corrected chi connectivity index (χ3v) is 2.58. The third-order valence-electron chi connectivity index (χ3n) is 2.58. The lowest BCUT2D eigenvalue weighted by Crippen LogP contribution is -1.93. The molecule has 0 bridgehead atoms. The lowest BCUT2D eigenvalue weighted by atomic mass is 10.0. The normalized spacial score (nSPS) is 13.9. The highest BCUT2D eigenvalue weighted by Gasteiger charge is 2.07. The zero-order valence-electron chi connectivity index (χ0n) is 17.8. The van der Waals surface area contributed by atoms with Crippen molar-refractivity contribution in [2.75, 3.05) is 0 Å². The van der Waals surface area contributed by atoms with Gasteiger partial charge in [0.15, 0.2) is 0 Å². The Labute approximate surface area is 155 Å². The third kappa shape index (κ3) is 42.9. The molecule has 2 rings (SSSR count). The second kappa shape index (κ2) is 14.6. The first kappa shape index (κ1) is 28.0. The van der Waals surface area contributed by atoms with Crippen molar-refractivity contribution in [1.29, 1.82) is 0 Å². The fourth-order valence-electron chi connectivity index (χ4n) is 1.66. The fourth-order valence-corrected chi connectivity index (χ4v) is 1.66. The molecule has 0 radical (unpaired) electrons. The zero-order chi connectivity index (χ0) is 18.5. The summed E-state index contributed by atoms with van der Waals surface area (Å²) in [6.07, 6.45) is 5.95.